The monoisotopic (exact) mass is 441 g/mol. The Hall–Kier alpha value is -1.96. The molecule has 8 heteroatoms. The van der Waals surface area contributed by atoms with Gasteiger partial charge in [-0.05, 0) is 61.5 Å². The Labute approximate surface area is 168 Å². The number of nitrogens with one attached hydrogen (secondary N) is 1. The van der Waals surface area contributed by atoms with E-state index in [1.807, 2.05) is 0 Å². The second-order valence-corrected chi connectivity index (χ2v) is 8.56. The molecule has 1 aliphatic rings. The number of aldehydes is 1. The largest absolute Gasteiger partial charge is 0.495 e. The first-order chi connectivity index (χ1) is 12.7. The molecule has 1 fully saturated rings. The molecule has 150 valence electrons. The predicted molar refractivity (Wildman–Crippen MR) is 109 cm³/mol. The number of hydrazine groups is 1. The molecule has 1 saturated carbocycles. The summed E-state index contributed by atoms with van der Waals surface area (Å²) in [6, 6.07) is 2.71. The van der Waals surface area contributed by atoms with Gasteiger partial charge in [0.2, 0.25) is 0 Å². The van der Waals surface area contributed by atoms with E-state index in [2.05, 4.69) is 21.4 Å². The summed E-state index contributed by atoms with van der Waals surface area (Å²) in [5.74, 6) is 0.639. The van der Waals surface area contributed by atoms with E-state index in [1.165, 1.54) is 5.01 Å². The number of rotatable bonds is 6. The smallest absolute Gasteiger partial charge is 0.429 e. The first-order valence-corrected chi connectivity index (χ1v) is 9.82. The number of nitrogens with two attached hydrogens (primary N) is 1. The molecule has 0 unspecified atom stereocenters. The van der Waals surface area contributed by atoms with Gasteiger partial charge >= 0.3 is 6.09 Å². The summed E-state index contributed by atoms with van der Waals surface area (Å²) < 4.78 is 11.5. The lowest BCUT2D eigenvalue weighted by atomic mass is 9.99. The van der Waals surface area contributed by atoms with E-state index >= 15 is 0 Å². The van der Waals surface area contributed by atoms with Crippen molar-refractivity contribution in [3.05, 3.63) is 16.6 Å². The molecule has 27 heavy (non-hydrogen) atoms. The molecule has 1 aliphatic carbocycles. The number of benzene rings is 1. The van der Waals surface area contributed by atoms with E-state index in [0.717, 1.165) is 32.0 Å². The van der Waals surface area contributed by atoms with E-state index in [-0.39, 0.29) is 5.92 Å². The number of anilines is 2. The summed E-state index contributed by atoms with van der Waals surface area (Å²) in [5, 5.41) is 1.26. The highest BCUT2D eigenvalue weighted by Crippen LogP contribution is 2.35. The number of halogens is 1. The molecular weight excluding hydrogens is 414 g/mol. The average molecular weight is 442 g/mol. The summed E-state index contributed by atoms with van der Waals surface area (Å²) in [5.41, 5.74) is 9.28. The van der Waals surface area contributed by atoms with E-state index in [0.29, 0.717) is 21.6 Å². The number of nitrogens with zero attached hydrogens (tertiary/aromatic N) is 1. The van der Waals surface area contributed by atoms with Crippen LogP contribution in [0.25, 0.3) is 0 Å². The first kappa shape index (κ1) is 21.3. The number of ether oxygens (including phenoxy) is 2. The summed E-state index contributed by atoms with van der Waals surface area (Å²) in [6.45, 7) is 5.35. The Morgan fingerprint density at radius 1 is 1.37 bits per heavy atom. The highest BCUT2D eigenvalue weighted by atomic mass is 79.9. The minimum Gasteiger partial charge on any atom is -0.495 e. The van der Waals surface area contributed by atoms with Crippen LogP contribution in [0.1, 0.15) is 46.5 Å². The maximum atomic E-state index is 12.9. The summed E-state index contributed by atoms with van der Waals surface area (Å²) in [4.78, 5) is 24.8. The van der Waals surface area contributed by atoms with Gasteiger partial charge in [-0.15, -0.1) is 0 Å². The molecule has 0 radical (unpaired) electrons. The van der Waals surface area contributed by atoms with Crippen LogP contribution in [0, 0.1) is 5.92 Å². The van der Waals surface area contributed by atoms with Crippen LogP contribution in [0.2, 0.25) is 0 Å². The lowest BCUT2D eigenvalue weighted by Gasteiger charge is -2.34. The van der Waals surface area contributed by atoms with Gasteiger partial charge < -0.3 is 20.0 Å². The number of carbonyl (C=O) groups excluding carboxylic acids is 2. The number of nitrogen functional groups attached to an aromatic ring is 1. The van der Waals surface area contributed by atoms with Crippen molar-refractivity contribution in [1.82, 2.24) is 5.01 Å². The van der Waals surface area contributed by atoms with Gasteiger partial charge in [0, 0.05) is 6.07 Å². The van der Waals surface area contributed by atoms with Crippen molar-refractivity contribution in [1.29, 1.82) is 0 Å². The van der Waals surface area contributed by atoms with Gasteiger partial charge in [0.05, 0.1) is 23.0 Å². The van der Waals surface area contributed by atoms with Gasteiger partial charge in [0.15, 0.2) is 0 Å². The normalized spacial score (nSPS) is 15.9. The van der Waals surface area contributed by atoms with E-state index < -0.39 is 17.7 Å². The van der Waals surface area contributed by atoms with Crippen LogP contribution >= 0.6 is 15.9 Å². The number of hydrogen-bond acceptors (Lipinski definition) is 6. The Balaban J connectivity index is 2.36. The van der Waals surface area contributed by atoms with Crippen LogP contribution in [0.5, 0.6) is 5.75 Å². The van der Waals surface area contributed by atoms with Crippen molar-refractivity contribution in [2.75, 3.05) is 18.3 Å². The fourth-order valence-corrected chi connectivity index (χ4v) is 3.71. The molecule has 1 aromatic rings. The highest BCUT2D eigenvalue weighted by molar-refractivity contribution is 9.10. The van der Waals surface area contributed by atoms with Crippen molar-refractivity contribution in [3.8, 4) is 5.75 Å². The third-order valence-electron chi connectivity index (χ3n) is 4.48. The fraction of sp³-hybridized carbons (Fsp3) is 0.579. The Kier molecular flexibility index (Phi) is 6.97. The van der Waals surface area contributed by atoms with Crippen molar-refractivity contribution >= 4 is 39.7 Å². The van der Waals surface area contributed by atoms with Gasteiger partial charge in [-0.25, -0.2) is 9.80 Å². The number of amides is 1. The van der Waals surface area contributed by atoms with Gasteiger partial charge in [-0.2, -0.15) is 0 Å². The Morgan fingerprint density at radius 2 is 2.00 bits per heavy atom. The molecule has 0 heterocycles. The first-order valence-electron chi connectivity index (χ1n) is 9.03. The molecule has 1 atom stereocenters. The predicted octanol–water partition coefficient (Wildman–Crippen LogP) is 4.36. The van der Waals surface area contributed by atoms with Crippen molar-refractivity contribution in [2.45, 2.75) is 58.1 Å². The van der Waals surface area contributed by atoms with Gasteiger partial charge in [-0.3, -0.25) is 5.43 Å². The third kappa shape index (κ3) is 5.51. The van der Waals surface area contributed by atoms with Crippen LogP contribution in [0.15, 0.2) is 16.6 Å². The molecule has 0 bridgehead atoms. The quantitative estimate of drug-likeness (QED) is 0.386. The molecule has 3 N–H and O–H groups in total. The van der Waals surface area contributed by atoms with E-state index in [4.69, 9.17) is 15.2 Å². The number of methoxy groups -OCH3 is 1. The van der Waals surface area contributed by atoms with E-state index in [9.17, 15) is 9.59 Å². The zero-order valence-electron chi connectivity index (χ0n) is 16.3. The Morgan fingerprint density at radius 3 is 2.52 bits per heavy atom. The van der Waals surface area contributed by atoms with Crippen molar-refractivity contribution < 1.29 is 19.1 Å². The van der Waals surface area contributed by atoms with Gasteiger partial charge in [0.1, 0.15) is 23.7 Å². The maximum absolute atomic E-state index is 12.9. The van der Waals surface area contributed by atoms with Crippen LogP contribution in [-0.4, -0.2) is 36.1 Å². The van der Waals surface area contributed by atoms with Crippen molar-refractivity contribution in [2.24, 2.45) is 5.92 Å². The van der Waals surface area contributed by atoms with Gasteiger partial charge in [-0.1, -0.05) is 12.8 Å². The van der Waals surface area contributed by atoms with Gasteiger partial charge in [0.25, 0.3) is 0 Å². The van der Waals surface area contributed by atoms with Crippen LogP contribution in [0.4, 0.5) is 16.2 Å². The number of carbonyl (C=O) groups is 2. The zero-order chi connectivity index (χ0) is 20.2. The summed E-state index contributed by atoms with van der Waals surface area (Å²) in [7, 11) is 1.54. The van der Waals surface area contributed by atoms with Crippen molar-refractivity contribution in [3.63, 3.8) is 0 Å². The summed E-state index contributed by atoms with van der Waals surface area (Å²) >= 11 is 3.38. The molecule has 1 aromatic carbocycles. The van der Waals surface area contributed by atoms with Crippen LogP contribution in [-0.2, 0) is 9.53 Å². The van der Waals surface area contributed by atoms with E-state index in [1.54, 1.807) is 40.0 Å². The molecule has 0 aliphatic heterocycles. The minimum absolute atomic E-state index is 0.0843. The molecule has 0 saturated heterocycles. The lowest BCUT2D eigenvalue weighted by Crippen LogP contribution is -2.50. The second kappa shape index (κ2) is 8.82. The number of hydrogen-bond donors (Lipinski definition) is 2. The zero-order valence-corrected chi connectivity index (χ0v) is 17.8. The average Bonchev–Trinajstić information content (AvgIpc) is 3.09. The second-order valence-electron chi connectivity index (χ2n) is 7.71. The van der Waals surface area contributed by atoms with Crippen LogP contribution < -0.4 is 15.9 Å². The third-order valence-corrected chi connectivity index (χ3v) is 5.10. The summed E-state index contributed by atoms with van der Waals surface area (Å²) in [6.07, 6.45) is 4.07. The molecule has 0 spiro atoms. The van der Waals surface area contributed by atoms with Crippen LogP contribution in [0.3, 0.4) is 0 Å². The molecule has 1 amide bonds. The molecule has 2 rings (SSSR count). The minimum atomic E-state index is -0.691. The highest BCUT2D eigenvalue weighted by Gasteiger charge is 2.35. The topological polar surface area (TPSA) is 93.9 Å². The molecule has 0 aromatic heterocycles. The standard InChI is InChI=1S/C19H28BrN3O4/c1-19(2,3)27-18(25)23(16(11-24)12-7-5-6-8-12)22-15-10-17(26-4)13(20)9-14(15)21/h9-12,16,22H,5-8,21H2,1-4H3/t16-/m0/s1. The SMILES string of the molecule is COc1cc(NN(C(=O)OC(C)(C)C)[C@@H](C=O)C2CCCC2)c(N)cc1Br. The lowest BCUT2D eigenvalue weighted by molar-refractivity contribution is -0.113. The Bertz CT molecular complexity index is 684. The maximum Gasteiger partial charge on any atom is 0.429 e. The molecular formula is C19H28BrN3O4. The fourth-order valence-electron chi connectivity index (χ4n) is 3.19. The molecule has 7 nitrogen and oxygen atoms in total.